The lowest BCUT2D eigenvalue weighted by Crippen LogP contribution is -2.03. The van der Waals surface area contributed by atoms with Crippen LogP contribution in [-0.2, 0) is 23.7 Å². The molecule has 0 fully saturated rings. The van der Waals surface area contributed by atoms with Crippen molar-refractivity contribution in [1.29, 1.82) is 0 Å². The first kappa shape index (κ1) is 28.6. The van der Waals surface area contributed by atoms with Gasteiger partial charge in [-0.1, -0.05) is 27.7 Å². The van der Waals surface area contributed by atoms with Crippen molar-refractivity contribution in [3.05, 3.63) is 0 Å². The molecule has 0 rings (SSSR count). The highest BCUT2D eigenvalue weighted by atomic mass is 16.5. The Labute approximate surface area is 151 Å². The molecule has 0 aromatic rings. The highest BCUT2D eigenvalue weighted by molar-refractivity contribution is 4.28. The molecule has 0 saturated carbocycles. The van der Waals surface area contributed by atoms with Crippen LogP contribution in [0.3, 0.4) is 0 Å². The average molecular weight is 353 g/mol. The van der Waals surface area contributed by atoms with Crippen molar-refractivity contribution in [2.75, 3.05) is 66.6 Å². The number of ether oxygens (including phenoxy) is 5. The van der Waals surface area contributed by atoms with Gasteiger partial charge < -0.3 is 23.7 Å². The average Bonchev–Trinajstić information content (AvgIpc) is 2.60. The first-order chi connectivity index (χ1) is 11.7. The van der Waals surface area contributed by atoms with Crippen molar-refractivity contribution in [2.24, 2.45) is 0 Å². The van der Waals surface area contributed by atoms with Gasteiger partial charge in [-0.15, -0.1) is 0 Å². The van der Waals surface area contributed by atoms with E-state index in [1.807, 2.05) is 6.92 Å². The molecule has 0 amide bonds. The number of hydrogen-bond donors (Lipinski definition) is 0. The Morgan fingerprint density at radius 2 is 0.750 bits per heavy atom. The first-order valence-corrected chi connectivity index (χ1v) is 9.54. The molecule has 0 aromatic carbocycles. The molecule has 0 spiro atoms. The van der Waals surface area contributed by atoms with Crippen LogP contribution < -0.4 is 0 Å². The fourth-order valence-corrected chi connectivity index (χ4v) is 1.29. The van der Waals surface area contributed by atoms with Crippen LogP contribution in [0.4, 0.5) is 0 Å². The van der Waals surface area contributed by atoms with Gasteiger partial charge in [0.05, 0.1) is 26.4 Å². The molecule has 24 heavy (non-hydrogen) atoms. The van der Waals surface area contributed by atoms with Crippen LogP contribution in [0.15, 0.2) is 0 Å². The predicted molar refractivity (Wildman–Crippen MR) is 102 cm³/mol. The quantitative estimate of drug-likeness (QED) is 0.410. The summed E-state index contributed by atoms with van der Waals surface area (Å²) < 4.78 is 25.2. The maximum absolute atomic E-state index is 5.16. The van der Waals surface area contributed by atoms with Gasteiger partial charge in [0, 0.05) is 40.1 Å². The number of hydrogen-bond acceptors (Lipinski definition) is 5. The molecule has 0 bridgehead atoms. The van der Waals surface area contributed by atoms with Crippen LogP contribution in [0.5, 0.6) is 0 Å². The highest BCUT2D eigenvalue weighted by Gasteiger charge is 1.84. The summed E-state index contributed by atoms with van der Waals surface area (Å²) in [5.74, 6) is 0. The van der Waals surface area contributed by atoms with Crippen LogP contribution in [-0.4, -0.2) is 66.6 Å². The molecule has 0 aliphatic rings. The number of methoxy groups -OCH3 is 1. The van der Waals surface area contributed by atoms with E-state index in [1.54, 1.807) is 7.11 Å². The van der Waals surface area contributed by atoms with E-state index in [9.17, 15) is 0 Å². The Bertz CT molecular complexity index is 152. The van der Waals surface area contributed by atoms with Crippen molar-refractivity contribution < 1.29 is 23.7 Å². The fourth-order valence-electron chi connectivity index (χ4n) is 1.29. The maximum atomic E-state index is 5.16. The lowest BCUT2D eigenvalue weighted by atomic mass is 10.5. The van der Waals surface area contributed by atoms with Crippen LogP contribution in [0.25, 0.3) is 0 Å². The van der Waals surface area contributed by atoms with E-state index < -0.39 is 0 Å². The Morgan fingerprint density at radius 3 is 1.08 bits per heavy atom. The minimum atomic E-state index is 0.708. The SMILES string of the molecule is CCCOCCC.CCCOCCOC.CCCOCCOCC. The van der Waals surface area contributed by atoms with Crippen molar-refractivity contribution in [2.45, 2.75) is 60.3 Å². The topological polar surface area (TPSA) is 46.2 Å². The van der Waals surface area contributed by atoms with E-state index in [2.05, 4.69) is 27.7 Å². The molecule has 0 radical (unpaired) electrons. The van der Waals surface area contributed by atoms with Crippen molar-refractivity contribution in [1.82, 2.24) is 0 Å². The summed E-state index contributed by atoms with van der Waals surface area (Å²) in [6.45, 7) is 17.7. The van der Waals surface area contributed by atoms with Gasteiger partial charge in [-0.2, -0.15) is 0 Å². The minimum absolute atomic E-state index is 0.708. The second-order valence-electron chi connectivity index (χ2n) is 5.03. The standard InChI is InChI=1S/C7H16O2.C6H14O2.C6H14O/c1-3-5-9-7-6-8-4-2;1-3-4-8-6-5-7-2;1-3-5-7-6-4-2/h3-7H2,1-2H3;3-6H2,1-2H3;3-6H2,1-2H3. The van der Waals surface area contributed by atoms with Gasteiger partial charge in [0.15, 0.2) is 0 Å². The maximum Gasteiger partial charge on any atom is 0.0700 e. The van der Waals surface area contributed by atoms with Gasteiger partial charge in [-0.25, -0.2) is 0 Å². The van der Waals surface area contributed by atoms with E-state index in [0.717, 1.165) is 78.5 Å². The van der Waals surface area contributed by atoms with Crippen LogP contribution >= 0.6 is 0 Å². The molecule has 0 N–H and O–H groups in total. The summed E-state index contributed by atoms with van der Waals surface area (Å²) >= 11 is 0. The smallest absolute Gasteiger partial charge is 0.0700 e. The largest absolute Gasteiger partial charge is 0.382 e. The van der Waals surface area contributed by atoms with Crippen LogP contribution in [0.1, 0.15) is 60.3 Å². The van der Waals surface area contributed by atoms with E-state index in [1.165, 1.54) is 0 Å². The fraction of sp³-hybridized carbons (Fsp3) is 1.00. The van der Waals surface area contributed by atoms with Crippen molar-refractivity contribution in [3.63, 3.8) is 0 Å². The highest BCUT2D eigenvalue weighted by Crippen LogP contribution is 1.82. The molecule has 0 aliphatic carbocycles. The van der Waals surface area contributed by atoms with E-state index in [-0.39, 0.29) is 0 Å². The molecular formula is C19H44O5. The lowest BCUT2D eigenvalue weighted by Gasteiger charge is -2.00. The van der Waals surface area contributed by atoms with E-state index in [0.29, 0.717) is 6.61 Å². The van der Waals surface area contributed by atoms with Gasteiger partial charge in [-0.05, 0) is 32.6 Å². The second kappa shape index (κ2) is 34.2. The minimum Gasteiger partial charge on any atom is -0.382 e. The summed E-state index contributed by atoms with van der Waals surface area (Å²) in [6, 6.07) is 0. The molecule has 0 aliphatic heterocycles. The van der Waals surface area contributed by atoms with Crippen LogP contribution in [0.2, 0.25) is 0 Å². The third-order valence-electron chi connectivity index (χ3n) is 2.40. The third-order valence-corrected chi connectivity index (χ3v) is 2.40. The molecule has 5 heteroatoms. The summed E-state index contributed by atoms with van der Waals surface area (Å²) in [5.41, 5.74) is 0. The molecular weight excluding hydrogens is 308 g/mol. The first-order valence-electron chi connectivity index (χ1n) is 9.54. The summed E-state index contributed by atoms with van der Waals surface area (Å²) in [7, 11) is 1.68. The van der Waals surface area contributed by atoms with Crippen LogP contribution in [0, 0.1) is 0 Å². The molecule has 5 nitrogen and oxygen atoms in total. The zero-order valence-electron chi connectivity index (χ0n) is 17.2. The number of rotatable bonds is 15. The molecule has 0 saturated heterocycles. The summed E-state index contributed by atoms with van der Waals surface area (Å²) in [6.07, 6.45) is 4.45. The van der Waals surface area contributed by atoms with Crippen molar-refractivity contribution >= 4 is 0 Å². The molecule has 0 aromatic heterocycles. The lowest BCUT2D eigenvalue weighted by molar-refractivity contribution is 0.0531. The van der Waals surface area contributed by atoms with E-state index in [4.69, 9.17) is 23.7 Å². The third kappa shape index (κ3) is 43.1. The normalized spacial score (nSPS) is 9.75. The molecule has 0 atom stereocenters. The Morgan fingerprint density at radius 1 is 0.417 bits per heavy atom. The van der Waals surface area contributed by atoms with E-state index >= 15 is 0 Å². The molecule has 0 unspecified atom stereocenters. The second-order valence-corrected chi connectivity index (χ2v) is 5.03. The molecule has 150 valence electrons. The Balaban J connectivity index is -0.000000278. The Kier molecular flexibility index (Phi) is 40.7. The molecule has 0 heterocycles. The van der Waals surface area contributed by atoms with Gasteiger partial charge in [-0.3, -0.25) is 0 Å². The predicted octanol–water partition coefficient (Wildman–Crippen LogP) is 4.33. The van der Waals surface area contributed by atoms with Gasteiger partial charge in [0.2, 0.25) is 0 Å². The zero-order valence-corrected chi connectivity index (χ0v) is 17.2. The monoisotopic (exact) mass is 352 g/mol. The summed E-state index contributed by atoms with van der Waals surface area (Å²) in [5, 5.41) is 0. The van der Waals surface area contributed by atoms with Gasteiger partial charge in [0.1, 0.15) is 0 Å². The van der Waals surface area contributed by atoms with Gasteiger partial charge >= 0.3 is 0 Å². The Hall–Kier alpha value is -0.200. The van der Waals surface area contributed by atoms with Crippen molar-refractivity contribution in [3.8, 4) is 0 Å². The summed E-state index contributed by atoms with van der Waals surface area (Å²) in [4.78, 5) is 0. The van der Waals surface area contributed by atoms with Gasteiger partial charge in [0.25, 0.3) is 0 Å². The zero-order chi connectivity index (χ0) is 18.7.